The number of unbranched alkanes of at least 4 members (excludes halogenated alkanes) is 18. The Bertz CT molecular complexity index is 697. The summed E-state index contributed by atoms with van der Waals surface area (Å²) in [5.74, 6) is 4.77. The molecule has 0 aliphatic carbocycles. The summed E-state index contributed by atoms with van der Waals surface area (Å²) in [4.78, 5) is 4.42. The average Bonchev–Trinajstić information content (AvgIpc) is 3.09. The molecule has 0 spiro atoms. The highest BCUT2D eigenvalue weighted by atomic mass is 32.2. The van der Waals surface area contributed by atoms with Gasteiger partial charge in [0.05, 0.1) is 0 Å². The van der Waals surface area contributed by atoms with Gasteiger partial charge in [-0.3, -0.25) is 4.90 Å². The number of hydrogen-bond donors (Lipinski definition) is 1. The Balaban J connectivity index is 3.73. The molecule has 0 aromatic rings. The van der Waals surface area contributed by atoms with Crippen LogP contribution < -0.4 is 0 Å². The molecule has 0 aromatic carbocycles. The highest BCUT2D eigenvalue weighted by Crippen LogP contribution is 2.14. The lowest BCUT2D eigenvalue weighted by Crippen LogP contribution is -2.44. The predicted molar refractivity (Wildman–Crippen MR) is 229 cm³/mol. The minimum absolute atomic E-state index is 0.361. The zero-order valence-electron chi connectivity index (χ0n) is 33.3. The summed E-state index contributed by atoms with van der Waals surface area (Å²) in [5, 5.41) is 10.8. The second-order valence-corrected chi connectivity index (χ2v) is 16.6. The zero-order valence-corrected chi connectivity index (χ0v) is 34.9. The van der Waals surface area contributed by atoms with Crippen LogP contribution in [0.4, 0.5) is 0 Å². The van der Waals surface area contributed by atoms with E-state index < -0.39 is 0 Å². The molecular formula is C44H84N2OS2. The number of allylic oxidation sites excluding steroid dienone is 8. The first kappa shape index (κ1) is 48.5. The van der Waals surface area contributed by atoms with E-state index in [1.165, 1.54) is 153 Å². The molecule has 1 unspecified atom stereocenters. The van der Waals surface area contributed by atoms with E-state index in [1.54, 1.807) is 0 Å². The van der Waals surface area contributed by atoms with E-state index >= 15 is 0 Å². The number of hydrogen-bond acceptors (Lipinski definition) is 5. The van der Waals surface area contributed by atoms with Crippen LogP contribution in [0.25, 0.3) is 0 Å². The number of nitrogens with zero attached hydrogens (tertiary/aromatic N) is 2. The van der Waals surface area contributed by atoms with Crippen LogP contribution in [0, 0.1) is 0 Å². The van der Waals surface area contributed by atoms with Crippen molar-refractivity contribution >= 4 is 23.5 Å². The molecule has 1 N–H and O–H groups in total. The molecule has 0 saturated carbocycles. The maximum absolute atomic E-state index is 10.8. The molecule has 288 valence electrons. The van der Waals surface area contributed by atoms with E-state index in [0.717, 1.165) is 37.4 Å². The third-order valence-electron chi connectivity index (χ3n) is 8.97. The minimum Gasteiger partial charge on any atom is -0.377 e. The summed E-state index contributed by atoms with van der Waals surface area (Å²) in [5.41, 5.74) is 0. The predicted octanol–water partition coefficient (Wildman–Crippen LogP) is 13.3. The van der Waals surface area contributed by atoms with Gasteiger partial charge in [-0.05, 0) is 103 Å². The minimum atomic E-state index is -0.361. The van der Waals surface area contributed by atoms with E-state index in [-0.39, 0.29) is 6.23 Å². The van der Waals surface area contributed by atoms with Crippen LogP contribution in [0.1, 0.15) is 168 Å². The lowest BCUT2D eigenvalue weighted by molar-refractivity contribution is -0.00495. The van der Waals surface area contributed by atoms with Gasteiger partial charge in [0.25, 0.3) is 0 Å². The smallest absolute Gasteiger partial charge is 0.120 e. The molecule has 49 heavy (non-hydrogen) atoms. The topological polar surface area (TPSA) is 26.7 Å². The summed E-state index contributed by atoms with van der Waals surface area (Å²) >= 11 is 4.15. The number of likely N-dealkylation sites (N-methyl/N-ethyl adjacent to an activating group) is 1. The molecule has 0 aromatic heterocycles. The molecule has 0 aliphatic heterocycles. The molecule has 0 heterocycles. The average molecular weight is 721 g/mol. The highest BCUT2D eigenvalue weighted by molar-refractivity contribution is 7.99. The van der Waals surface area contributed by atoms with Gasteiger partial charge in [0.1, 0.15) is 6.23 Å². The van der Waals surface area contributed by atoms with Gasteiger partial charge in [-0.2, -0.15) is 23.5 Å². The van der Waals surface area contributed by atoms with Gasteiger partial charge in [-0.15, -0.1) is 0 Å². The van der Waals surface area contributed by atoms with Crippen LogP contribution in [0.2, 0.25) is 0 Å². The van der Waals surface area contributed by atoms with Crippen molar-refractivity contribution in [3.05, 3.63) is 48.6 Å². The largest absolute Gasteiger partial charge is 0.377 e. The van der Waals surface area contributed by atoms with Crippen LogP contribution in [-0.4, -0.2) is 77.9 Å². The summed E-state index contributed by atoms with van der Waals surface area (Å²) in [6.45, 7) is 7.24. The van der Waals surface area contributed by atoms with Crippen molar-refractivity contribution in [3.8, 4) is 0 Å². The second-order valence-electron chi connectivity index (χ2n) is 14.2. The standard InChI is InChI=1S/C44H84N2OS2/c1-5-7-9-11-13-15-17-19-21-23-25-27-29-31-33-35-39-48-41-37-46(44(47)43-45(3)4)38-42-49-40-36-34-32-30-28-26-24-22-20-18-16-14-12-10-8-6-2/h13-16,19-22,44,47H,5-12,17-18,23-43H2,1-4H3/b15-13-,16-14-,21-19-,22-20-. The van der Waals surface area contributed by atoms with Crippen LogP contribution >= 0.6 is 23.5 Å². The van der Waals surface area contributed by atoms with E-state index in [0.29, 0.717) is 6.54 Å². The van der Waals surface area contributed by atoms with Crippen LogP contribution in [0.15, 0.2) is 48.6 Å². The fourth-order valence-corrected chi connectivity index (χ4v) is 7.76. The summed E-state index contributed by atoms with van der Waals surface area (Å²) in [7, 11) is 4.12. The van der Waals surface area contributed by atoms with Gasteiger partial charge in [-0.25, -0.2) is 0 Å². The van der Waals surface area contributed by atoms with Crippen molar-refractivity contribution in [1.29, 1.82) is 0 Å². The molecule has 0 radical (unpaired) electrons. The fourth-order valence-electron chi connectivity index (χ4n) is 5.80. The van der Waals surface area contributed by atoms with Crippen LogP contribution in [-0.2, 0) is 0 Å². The fraction of sp³-hybridized carbons (Fsp3) is 0.818. The molecular weight excluding hydrogens is 637 g/mol. The van der Waals surface area contributed by atoms with Crippen LogP contribution in [0.5, 0.6) is 0 Å². The number of thioether (sulfide) groups is 2. The first-order chi connectivity index (χ1) is 24.1. The second kappa shape index (κ2) is 42.0. The third kappa shape index (κ3) is 40.2. The Kier molecular flexibility index (Phi) is 41.6. The molecule has 5 heteroatoms. The van der Waals surface area contributed by atoms with Gasteiger partial charge in [0.2, 0.25) is 0 Å². The Morgan fingerprint density at radius 1 is 0.449 bits per heavy atom. The Hall–Kier alpha value is -0.460. The van der Waals surface area contributed by atoms with E-state index in [1.807, 2.05) is 0 Å². The van der Waals surface area contributed by atoms with E-state index in [4.69, 9.17) is 0 Å². The number of aliphatic hydroxyl groups excluding tert-OH is 1. The molecule has 0 bridgehead atoms. The van der Waals surface area contributed by atoms with Crippen molar-refractivity contribution in [2.75, 3.05) is 56.7 Å². The molecule has 0 aliphatic rings. The SMILES string of the molecule is CCCCC/C=C\C/C=C\CCCCCCCCSCCN(CCSCCCCCCCC/C=C\C/C=C\CCCCC)C(O)CN(C)C. The van der Waals surface area contributed by atoms with Crippen molar-refractivity contribution in [3.63, 3.8) is 0 Å². The maximum atomic E-state index is 10.8. The molecule has 0 rings (SSSR count). The Morgan fingerprint density at radius 2 is 0.796 bits per heavy atom. The monoisotopic (exact) mass is 721 g/mol. The maximum Gasteiger partial charge on any atom is 0.120 e. The van der Waals surface area contributed by atoms with E-state index in [9.17, 15) is 5.11 Å². The van der Waals surface area contributed by atoms with Gasteiger partial charge in [-0.1, -0.05) is 140 Å². The lowest BCUT2D eigenvalue weighted by Gasteiger charge is -2.29. The normalized spacial score (nSPS) is 13.2. The van der Waals surface area contributed by atoms with Crippen LogP contribution in [0.3, 0.4) is 0 Å². The molecule has 0 fully saturated rings. The van der Waals surface area contributed by atoms with Gasteiger partial charge >= 0.3 is 0 Å². The Morgan fingerprint density at radius 3 is 1.16 bits per heavy atom. The third-order valence-corrected chi connectivity index (χ3v) is 11.1. The van der Waals surface area contributed by atoms with Gasteiger partial charge in [0, 0.05) is 31.1 Å². The zero-order chi connectivity index (χ0) is 35.7. The van der Waals surface area contributed by atoms with Gasteiger partial charge < -0.3 is 10.0 Å². The Labute approximate surface area is 316 Å². The molecule has 3 nitrogen and oxygen atoms in total. The lowest BCUT2D eigenvalue weighted by atomic mass is 10.1. The summed E-state index contributed by atoms with van der Waals surface area (Å²) in [6, 6.07) is 0. The first-order valence-electron chi connectivity index (χ1n) is 20.9. The van der Waals surface area contributed by atoms with Crippen molar-refractivity contribution < 1.29 is 5.11 Å². The number of aliphatic hydroxyl groups is 1. The van der Waals surface area contributed by atoms with Gasteiger partial charge in [0.15, 0.2) is 0 Å². The molecule has 0 saturated heterocycles. The first-order valence-corrected chi connectivity index (χ1v) is 23.2. The number of rotatable bonds is 39. The van der Waals surface area contributed by atoms with E-state index in [2.05, 4.69) is 110 Å². The van der Waals surface area contributed by atoms with Crippen molar-refractivity contribution in [1.82, 2.24) is 9.80 Å². The van der Waals surface area contributed by atoms with Crippen molar-refractivity contribution in [2.45, 2.75) is 174 Å². The molecule has 1 atom stereocenters. The summed E-state index contributed by atoms with van der Waals surface area (Å²) in [6.07, 6.45) is 50.0. The van der Waals surface area contributed by atoms with Crippen molar-refractivity contribution in [2.24, 2.45) is 0 Å². The molecule has 0 amide bonds. The highest BCUT2D eigenvalue weighted by Gasteiger charge is 2.16. The quantitative estimate of drug-likeness (QED) is 0.0387. The summed E-state index contributed by atoms with van der Waals surface area (Å²) < 4.78 is 0.